The van der Waals surface area contributed by atoms with Crippen LogP contribution in [-0.4, -0.2) is 11.6 Å². The predicted molar refractivity (Wildman–Crippen MR) is 26.0 cm³/mol. The van der Waals surface area contributed by atoms with Crippen LogP contribution in [0.4, 0.5) is 0 Å². The van der Waals surface area contributed by atoms with Crippen LogP contribution in [-0.2, 0) is 9.59 Å². The summed E-state index contributed by atoms with van der Waals surface area (Å²) in [5, 5.41) is 0. The molecule has 0 unspecified atom stereocenters. The van der Waals surface area contributed by atoms with Gasteiger partial charge < -0.3 is 0 Å². The van der Waals surface area contributed by atoms with Crippen molar-refractivity contribution in [3.63, 3.8) is 0 Å². The van der Waals surface area contributed by atoms with Crippen molar-refractivity contribution in [2.45, 2.75) is 20.3 Å². The number of carbonyl (C=O) groups excluding carboxylic acids is 2. The third kappa shape index (κ3) is 9.34. The summed E-state index contributed by atoms with van der Waals surface area (Å²) in [6.45, 7) is 2.81. The Bertz CT molecular complexity index is 86.6. The number of carbonyl (C=O) groups is 2. The van der Waals surface area contributed by atoms with E-state index in [9.17, 15) is 9.59 Å². The maximum Gasteiger partial charge on any atom is 1.00 e. The average Bonchev–Trinajstić information content (AvgIpc) is 1.27. The van der Waals surface area contributed by atoms with E-state index in [-0.39, 0.29) is 36.8 Å². The normalized spacial score (nSPS) is 7.25. The molecule has 0 spiro atoms. The van der Waals surface area contributed by atoms with Crippen molar-refractivity contribution in [2.75, 3.05) is 0 Å². The monoisotopic (exact) mass is 107 g/mol. The molecule has 3 heteroatoms. The Balaban J connectivity index is 0. The van der Waals surface area contributed by atoms with Crippen LogP contribution < -0.4 is 18.9 Å². The Kier molecular flexibility index (Phi) is 6.88. The van der Waals surface area contributed by atoms with E-state index in [0.717, 1.165) is 0 Å². The molecule has 0 bridgehead atoms. The number of ketones is 2. The van der Waals surface area contributed by atoms with Crippen LogP contribution in [0.3, 0.4) is 0 Å². The van der Waals surface area contributed by atoms with E-state index in [2.05, 4.69) is 0 Å². The first-order valence-corrected chi connectivity index (χ1v) is 2.12. The molecule has 0 saturated heterocycles. The molecule has 0 heterocycles. The predicted octanol–water partition coefficient (Wildman–Crippen LogP) is -2.44. The van der Waals surface area contributed by atoms with E-state index in [1.807, 2.05) is 0 Å². The van der Waals surface area contributed by atoms with E-state index >= 15 is 0 Å². The number of hydrogen-bond acceptors (Lipinski definition) is 2. The first kappa shape index (κ1) is 10.8. The van der Waals surface area contributed by atoms with Crippen LogP contribution >= 0.6 is 0 Å². The Morgan fingerprint density at radius 3 is 1.38 bits per heavy atom. The van der Waals surface area contributed by atoms with Gasteiger partial charge in [-0.05, 0) is 13.8 Å². The zero-order valence-corrected chi connectivity index (χ0v) is 5.52. The van der Waals surface area contributed by atoms with Crippen LogP contribution in [0.1, 0.15) is 20.3 Å². The molecular formula is C5H8LiO2+. The molecule has 2 nitrogen and oxygen atoms in total. The Labute approximate surface area is 60.8 Å². The minimum Gasteiger partial charge on any atom is -0.300 e. The SMILES string of the molecule is CC(=O)CC(C)=O.[Li+]. The maximum absolute atomic E-state index is 10.0. The largest absolute Gasteiger partial charge is 1.00 e. The Morgan fingerprint density at radius 1 is 1.12 bits per heavy atom. The van der Waals surface area contributed by atoms with Crippen LogP contribution in [0, 0.1) is 0 Å². The number of rotatable bonds is 2. The van der Waals surface area contributed by atoms with Gasteiger partial charge in [0.1, 0.15) is 11.6 Å². The summed E-state index contributed by atoms with van der Waals surface area (Å²) in [6, 6.07) is 0. The van der Waals surface area contributed by atoms with E-state index in [0.29, 0.717) is 0 Å². The van der Waals surface area contributed by atoms with E-state index in [1.54, 1.807) is 0 Å². The maximum atomic E-state index is 10.0. The van der Waals surface area contributed by atoms with Crippen molar-refractivity contribution < 1.29 is 28.4 Å². The van der Waals surface area contributed by atoms with E-state index < -0.39 is 0 Å². The summed E-state index contributed by atoms with van der Waals surface area (Å²) in [6.07, 6.45) is 0.0833. The van der Waals surface area contributed by atoms with Gasteiger partial charge in [-0.25, -0.2) is 0 Å². The second kappa shape index (κ2) is 5.08. The van der Waals surface area contributed by atoms with E-state index in [4.69, 9.17) is 0 Å². The third-order valence-corrected chi connectivity index (χ3v) is 0.498. The molecule has 0 N–H and O–H groups in total. The van der Waals surface area contributed by atoms with Gasteiger partial charge in [0.05, 0.1) is 6.42 Å². The second-order valence-electron chi connectivity index (χ2n) is 1.58. The minimum absolute atomic E-state index is 0. The zero-order chi connectivity index (χ0) is 5.86. The number of Topliss-reactive ketones (excluding diaryl/α,β-unsaturated/α-hetero) is 2. The van der Waals surface area contributed by atoms with Gasteiger partial charge >= 0.3 is 18.9 Å². The quantitative estimate of drug-likeness (QED) is 0.290. The molecule has 0 aliphatic rings. The number of hydrogen-bond donors (Lipinski definition) is 0. The van der Waals surface area contributed by atoms with E-state index in [1.165, 1.54) is 13.8 Å². The van der Waals surface area contributed by atoms with Crippen molar-refractivity contribution in [2.24, 2.45) is 0 Å². The molecule has 0 aromatic rings. The average molecular weight is 107 g/mol. The Morgan fingerprint density at radius 2 is 1.38 bits per heavy atom. The molecule has 0 atom stereocenters. The summed E-state index contributed by atoms with van der Waals surface area (Å²) in [5.41, 5.74) is 0. The molecule has 0 aromatic heterocycles. The Hall–Kier alpha value is -0.0626. The molecule has 0 aliphatic heterocycles. The standard InChI is InChI=1S/C5H8O2.Li/c1-4(6)3-5(2)7;/h3H2,1-2H3;/q;+1. The first-order chi connectivity index (χ1) is 3.13. The molecule has 40 valence electrons. The second-order valence-corrected chi connectivity index (χ2v) is 1.58. The van der Waals surface area contributed by atoms with Crippen molar-refractivity contribution in [1.29, 1.82) is 0 Å². The molecule has 0 rings (SSSR count). The topological polar surface area (TPSA) is 34.1 Å². The molecule has 0 saturated carbocycles. The summed E-state index contributed by atoms with van der Waals surface area (Å²) in [4.78, 5) is 20.1. The summed E-state index contributed by atoms with van der Waals surface area (Å²) >= 11 is 0. The van der Waals surface area contributed by atoms with Gasteiger partial charge in [-0.3, -0.25) is 9.59 Å². The van der Waals surface area contributed by atoms with Crippen molar-refractivity contribution in [3.05, 3.63) is 0 Å². The van der Waals surface area contributed by atoms with Crippen LogP contribution in [0.25, 0.3) is 0 Å². The van der Waals surface area contributed by atoms with Gasteiger partial charge in [-0.2, -0.15) is 0 Å². The third-order valence-electron chi connectivity index (χ3n) is 0.498. The fourth-order valence-electron chi connectivity index (χ4n) is 0.351. The summed E-state index contributed by atoms with van der Waals surface area (Å²) in [5.74, 6) is -0.125. The molecule has 0 radical (unpaired) electrons. The van der Waals surface area contributed by atoms with Crippen molar-refractivity contribution in [1.82, 2.24) is 0 Å². The fraction of sp³-hybridized carbons (Fsp3) is 0.600. The van der Waals surface area contributed by atoms with Gasteiger partial charge in [0.15, 0.2) is 0 Å². The van der Waals surface area contributed by atoms with Crippen LogP contribution in [0.5, 0.6) is 0 Å². The van der Waals surface area contributed by atoms with Gasteiger partial charge in [0, 0.05) is 0 Å². The molecule has 8 heavy (non-hydrogen) atoms. The van der Waals surface area contributed by atoms with Gasteiger partial charge in [0.25, 0.3) is 0 Å². The molecule has 0 fully saturated rings. The first-order valence-electron chi connectivity index (χ1n) is 2.12. The van der Waals surface area contributed by atoms with Crippen LogP contribution in [0.2, 0.25) is 0 Å². The molecule has 0 aliphatic carbocycles. The molecule has 0 amide bonds. The van der Waals surface area contributed by atoms with Crippen molar-refractivity contribution >= 4 is 11.6 Å². The minimum atomic E-state index is -0.0625. The van der Waals surface area contributed by atoms with Gasteiger partial charge in [-0.1, -0.05) is 0 Å². The fourth-order valence-corrected chi connectivity index (χ4v) is 0.351. The molecular weight excluding hydrogens is 99.0 g/mol. The smallest absolute Gasteiger partial charge is 0.300 e. The summed E-state index contributed by atoms with van der Waals surface area (Å²) < 4.78 is 0. The van der Waals surface area contributed by atoms with Gasteiger partial charge in [0.2, 0.25) is 0 Å². The summed E-state index contributed by atoms with van der Waals surface area (Å²) in [7, 11) is 0. The van der Waals surface area contributed by atoms with Crippen molar-refractivity contribution in [3.8, 4) is 0 Å². The van der Waals surface area contributed by atoms with Crippen LogP contribution in [0.15, 0.2) is 0 Å². The zero-order valence-electron chi connectivity index (χ0n) is 5.52. The van der Waals surface area contributed by atoms with Gasteiger partial charge in [-0.15, -0.1) is 0 Å². The molecule has 0 aromatic carbocycles.